The molecule has 2 aliphatic heterocycles. The van der Waals surface area contributed by atoms with Crippen molar-refractivity contribution in [2.24, 2.45) is 0 Å². The Labute approximate surface area is 225 Å². The zero-order valence-electron chi connectivity index (χ0n) is 21.2. The fourth-order valence-corrected chi connectivity index (χ4v) is 6.09. The molecule has 6 nitrogen and oxygen atoms in total. The van der Waals surface area contributed by atoms with Crippen LogP contribution in [0.15, 0.2) is 60.0 Å². The molecule has 0 saturated carbocycles. The molecular weight excluding hydrogens is 508 g/mol. The van der Waals surface area contributed by atoms with E-state index in [0.717, 1.165) is 37.9 Å². The lowest BCUT2D eigenvalue weighted by Gasteiger charge is -2.37. The third kappa shape index (κ3) is 6.05. The summed E-state index contributed by atoms with van der Waals surface area (Å²) in [7, 11) is 0. The van der Waals surface area contributed by atoms with E-state index in [0.29, 0.717) is 25.4 Å². The van der Waals surface area contributed by atoms with E-state index in [1.165, 1.54) is 34.0 Å². The second-order valence-electron chi connectivity index (χ2n) is 9.67. The van der Waals surface area contributed by atoms with Crippen LogP contribution in [0.2, 0.25) is 0 Å². The SMILES string of the molecule is O=C(c1ccccc1F)N(CCN1CCCC1)CC(=O)N1CCc2sccc2[C@@H]1COc1ccc(F)cc1. The average molecular weight is 540 g/mol. The van der Waals surface area contributed by atoms with Crippen LogP contribution in [0.25, 0.3) is 0 Å². The summed E-state index contributed by atoms with van der Waals surface area (Å²) in [6.45, 7) is 3.46. The first kappa shape index (κ1) is 26.3. The Balaban J connectivity index is 1.34. The van der Waals surface area contributed by atoms with Gasteiger partial charge in [0.25, 0.3) is 5.91 Å². The van der Waals surface area contributed by atoms with E-state index in [4.69, 9.17) is 4.74 Å². The molecule has 0 bridgehead atoms. The number of carbonyl (C=O) groups excluding carboxylic acids is 2. The van der Waals surface area contributed by atoms with E-state index in [1.54, 1.807) is 40.5 Å². The van der Waals surface area contributed by atoms with Gasteiger partial charge in [-0.25, -0.2) is 8.78 Å². The van der Waals surface area contributed by atoms with Gasteiger partial charge in [0.1, 0.15) is 30.5 Å². The van der Waals surface area contributed by atoms with Crippen LogP contribution in [0.4, 0.5) is 8.78 Å². The molecule has 0 aliphatic carbocycles. The van der Waals surface area contributed by atoms with Crippen LogP contribution in [-0.4, -0.2) is 72.4 Å². The number of benzene rings is 2. The number of rotatable bonds is 9. The number of ether oxygens (including phenoxy) is 1. The molecule has 2 amide bonds. The van der Waals surface area contributed by atoms with Crippen LogP contribution in [0, 0.1) is 11.6 Å². The highest BCUT2D eigenvalue weighted by Gasteiger charge is 2.34. The Morgan fingerprint density at radius 1 is 1.00 bits per heavy atom. The molecule has 0 spiro atoms. The largest absolute Gasteiger partial charge is 0.491 e. The van der Waals surface area contributed by atoms with Crippen LogP contribution >= 0.6 is 11.3 Å². The first-order valence-corrected chi connectivity index (χ1v) is 13.9. The molecule has 0 N–H and O–H groups in total. The monoisotopic (exact) mass is 539 g/mol. The summed E-state index contributed by atoms with van der Waals surface area (Å²) in [5, 5.41) is 2.01. The zero-order valence-corrected chi connectivity index (χ0v) is 22.0. The Hall–Kier alpha value is -3.30. The number of carbonyl (C=O) groups is 2. The molecule has 0 radical (unpaired) electrons. The second-order valence-corrected chi connectivity index (χ2v) is 10.7. The van der Waals surface area contributed by atoms with Gasteiger partial charge in [-0.2, -0.15) is 0 Å². The first-order chi connectivity index (χ1) is 18.5. The molecule has 2 aliphatic rings. The van der Waals surface area contributed by atoms with Gasteiger partial charge in [-0.1, -0.05) is 12.1 Å². The number of likely N-dealkylation sites (tertiary alicyclic amines) is 1. The highest BCUT2D eigenvalue weighted by atomic mass is 32.1. The lowest BCUT2D eigenvalue weighted by atomic mass is 10.0. The molecule has 1 saturated heterocycles. The first-order valence-electron chi connectivity index (χ1n) is 13.0. The minimum absolute atomic E-state index is 0.0309. The molecular formula is C29H31F2N3O3S. The van der Waals surface area contributed by atoms with E-state index in [-0.39, 0.29) is 36.5 Å². The number of thiophene rings is 1. The smallest absolute Gasteiger partial charge is 0.257 e. The van der Waals surface area contributed by atoms with E-state index in [1.807, 2.05) is 11.4 Å². The van der Waals surface area contributed by atoms with Crippen molar-refractivity contribution < 1.29 is 23.1 Å². The fraction of sp³-hybridized carbons (Fsp3) is 0.379. The summed E-state index contributed by atoms with van der Waals surface area (Å²) < 4.78 is 33.8. The summed E-state index contributed by atoms with van der Waals surface area (Å²) >= 11 is 1.65. The van der Waals surface area contributed by atoms with Crippen molar-refractivity contribution in [3.8, 4) is 5.75 Å². The predicted octanol–water partition coefficient (Wildman–Crippen LogP) is 4.77. The molecule has 2 aromatic carbocycles. The highest BCUT2D eigenvalue weighted by Crippen LogP contribution is 2.34. The van der Waals surface area contributed by atoms with Gasteiger partial charge in [-0.05, 0) is 85.8 Å². The van der Waals surface area contributed by atoms with Crippen LogP contribution in [-0.2, 0) is 11.2 Å². The molecule has 1 aromatic heterocycles. The van der Waals surface area contributed by atoms with E-state index < -0.39 is 11.7 Å². The van der Waals surface area contributed by atoms with Crippen LogP contribution in [0.1, 0.15) is 39.7 Å². The molecule has 3 aromatic rings. The van der Waals surface area contributed by atoms with Crippen molar-refractivity contribution in [2.75, 3.05) is 45.9 Å². The maximum atomic E-state index is 14.5. The van der Waals surface area contributed by atoms with Gasteiger partial charge in [0, 0.05) is 24.5 Å². The summed E-state index contributed by atoms with van der Waals surface area (Å²) in [6, 6.07) is 13.4. The molecule has 0 unspecified atom stereocenters. The second kappa shape index (κ2) is 12.0. The maximum absolute atomic E-state index is 14.5. The van der Waals surface area contributed by atoms with Gasteiger partial charge in [0.05, 0.1) is 11.6 Å². The van der Waals surface area contributed by atoms with Gasteiger partial charge >= 0.3 is 0 Å². The number of amides is 2. The number of nitrogens with zero attached hydrogens (tertiary/aromatic N) is 3. The quantitative estimate of drug-likeness (QED) is 0.393. The Morgan fingerprint density at radius 3 is 2.53 bits per heavy atom. The lowest BCUT2D eigenvalue weighted by Crippen LogP contribution is -2.49. The fourth-order valence-electron chi connectivity index (χ4n) is 5.16. The van der Waals surface area contributed by atoms with Gasteiger partial charge in [0.2, 0.25) is 5.91 Å². The van der Waals surface area contributed by atoms with E-state index in [9.17, 15) is 18.4 Å². The number of hydrogen-bond acceptors (Lipinski definition) is 5. The molecule has 1 fully saturated rings. The summed E-state index contributed by atoms with van der Waals surface area (Å²) in [5.41, 5.74) is 0.998. The summed E-state index contributed by atoms with van der Waals surface area (Å²) in [4.78, 5) is 33.9. The molecule has 38 heavy (non-hydrogen) atoms. The molecule has 200 valence electrons. The average Bonchev–Trinajstić information content (AvgIpc) is 3.63. The normalized spacial score (nSPS) is 17.3. The Morgan fingerprint density at radius 2 is 1.76 bits per heavy atom. The third-order valence-electron chi connectivity index (χ3n) is 7.24. The lowest BCUT2D eigenvalue weighted by molar-refractivity contribution is -0.135. The topological polar surface area (TPSA) is 53.1 Å². The molecule has 1 atom stereocenters. The van der Waals surface area contributed by atoms with Crippen molar-refractivity contribution in [2.45, 2.75) is 25.3 Å². The highest BCUT2D eigenvalue weighted by molar-refractivity contribution is 7.10. The van der Waals surface area contributed by atoms with Crippen molar-refractivity contribution in [1.29, 1.82) is 0 Å². The maximum Gasteiger partial charge on any atom is 0.257 e. The number of hydrogen-bond donors (Lipinski definition) is 0. The predicted molar refractivity (Wildman–Crippen MR) is 142 cm³/mol. The van der Waals surface area contributed by atoms with Crippen LogP contribution < -0.4 is 4.74 Å². The van der Waals surface area contributed by atoms with E-state index in [2.05, 4.69) is 4.90 Å². The van der Waals surface area contributed by atoms with Crippen molar-refractivity contribution in [3.63, 3.8) is 0 Å². The van der Waals surface area contributed by atoms with Crippen molar-refractivity contribution >= 4 is 23.2 Å². The third-order valence-corrected chi connectivity index (χ3v) is 8.24. The standard InChI is InChI=1S/C29H31F2N3O3S/c30-21-7-9-22(10-8-21)37-20-26-24-12-18-38-27(24)11-15-34(26)28(35)19-33(17-16-32-13-3-4-14-32)29(36)23-5-1-2-6-25(23)31/h1-2,5-10,12,18,26H,3-4,11,13-17,19-20H2/t26-/m0/s1. The zero-order chi connectivity index (χ0) is 26.5. The Bertz CT molecular complexity index is 1260. The summed E-state index contributed by atoms with van der Waals surface area (Å²) in [5.74, 6) is -1.12. The summed E-state index contributed by atoms with van der Waals surface area (Å²) in [6.07, 6.45) is 2.96. The van der Waals surface area contributed by atoms with Crippen LogP contribution in [0.5, 0.6) is 5.75 Å². The number of fused-ring (bicyclic) bond motifs is 1. The van der Waals surface area contributed by atoms with E-state index >= 15 is 0 Å². The van der Waals surface area contributed by atoms with Gasteiger partial charge < -0.3 is 19.4 Å². The minimum Gasteiger partial charge on any atom is -0.491 e. The van der Waals surface area contributed by atoms with Gasteiger partial charge in [-0.3, -0.25) is 9.59 Å². The van der Waals surface area contributed by atoms with Crippen LogP contribution in [0.3, 0.4) is 0 Å². The van der Waals surface area contributed by atoms with Gasteiger partial charge in [-0.15, -0.1) is 11.3 Å². The van der Waals surface area contributed by atoms with Crippen molar-refractivity contribution in [1.82, 2.24) is 14.7 Å². The molecule has 9 heteroatoms. The Kier molecular flexibility index (Phi) is 8.34. The number of halogens is 2. The van der Waals surface area contributed by atoms with Crippen molar-refractivity contribution in [3.05, 3.63) is 87.6 Å². The molecule has 3 heterocycles. The van der Waals surface area contributed by atoms with Gasteiger partial charge in [0.15, 0.2) is 0 Å². The molecule has 5 rings (SSSR count). The minimum atomic E-state index is -0.595.